The SMILES string of the molecule is CC(=O)OCc1nc2ccc(-c3cc(C4CC4)cc(N(C(=O)OC(C)(C)C)c4cc(C#N)ccn4)n3)cc2n1C1CCC(O[Si](C)(C)C(C)(C)C)CC1. The fourth-order valence-corrected chi connectivity index (χ4v) is 8.09. The molecule has 0 bridgehead atoms. The lowest BCUT2D eigenvalue weighted by Crippen LogP contribution is -2.44. The van der Waals surface area contributed by atoms with Crippen LogP contribution in [-0.2, 0) is 25.3 Å². The topological polar surface area (TPSA) is 132 Å². The van der Waals surface area contributed by atoms with Crippen molar-refractivity contribution >= 4 is 43.0 Å². The molecule has 0 aliphatic heterocycles. The Hall–Kier alpha value is -4.60. The first-order valence-corrected chi connectivity index (χ1v) is 21.6. The fourth-order valence-electron chi connectivity index (χ4n) is 6.67. The van der Waals surface area contributed by atoms with E-state index in [9.17, 15) is 14.9 Å². The number of imidazole rings is 1. The van der Waals surface area contributed by atoms with Crippen molar-refractivity contribution in [2.24, 2.45) is 0 Å². The first-order valence-electron chi connectivity index (χ1n) is 18.7. The number of ether oxygens (including phenoxy) is 2. The van der Waals surface area contributed by atoms with E-state index in [0.717, 1.165) is 60.7 Å². The molecule has 2 fully saturated rings. The van der Waals surface area contributed by atoms with Crippen molar-refractivity contribution in [1.29, 1.82) is 5.26 Å². The molecule has 280 valence electrons. The van der Waals surface area contributed by atoms with E-state index in [1.165, 1.54) is 18.0 Å². The number of rotatable bonds is 9. The molecule has 0 radical (unpaired) electrons. The minimum atomic E-state index is -1.91. The molecule has 1 amide bonds. The number of anilines is 2. The average Bonchev–Trinajstić information content (AvgIpc) is 3.87. The number of benzene rings is 1. The van der Waals surface area contributed by atoms with Gasteiger partial charge in [0.15, 0.2) is 8.32 Å². The summed E-state index contributed by atoms with van der Waals surface area (Å²) in [5, 5.41) is 9.79. The van der Waals surface area contributed by atoms with Crippen LogP contribution in [0.3, 0.4) is 0 Å². The molecule has 6 rings (SSSR count). The van der Waals surface area contributed by atoms with E-state index in [0.29, 0.717) is 28.8 Å². The first kappa shape index (κ1) is 38.1. The van der Waals surface area contributed by atoms with Crippen LogP contribution in [0.1, 0.15) is 116 Å². The Balaban J connectivity index is 1.41. The highest BCUT2D eigenvalue weighted by atomic mass is 28.4. The Morgan fingerprint density at radius 1 is 0.943 bits per heavy atom. The second-order valence-electron chi connectivity index (χ2n) is 16.9. The number of carbonyl (C=O) groups is 2. The maximum absolute atomic E-state index is 13.8. The maximum atomic E-state index is 13.8. The number of aromatic nitrogens is 4. The van der Waals surface area contributed by atoms with Crippen molar-refractivity contribution in [2.75, 3.05) is 4.90 Å². The van der Waals surface area contributed by atoms with Crippen LogP contribution in [0.15, 0.2) is 48.7 Å². The van der Waals surface area contributed by atoms with Gasteiger partial charge in [-0.05, 0) is 125 Å². The molecule has 0 unspecified atom stereocenters. The van der Waals surface area contributed by atoms with Crippen LogP contribution in [0.5, 0.6) is 0 Å². The molecule has 0 spiro atoms. The van der Waals surface area contributed by atoms with Crippen LogP contribution in [0.25, 0.3) is 22.3 Å². The molecule has 0 saturated heterocycles. The largest absolute Gasteiger partial charge is 0.458 e. The normalized spacial score (nSPS) is 18.0. The highest BCUT2D eigenvalue weighted by Crippen LogP contribution is 2.44. The van der Waals surface area contributed by atoms with Gasteiger partial charge in [0.25, 0.3) is 0 Å². The minimum absolute atomic E-state index is 0.0823. The van der Waals surface area contributed by atoms with E-state index in [2.05, 4.69) is 61.6 Å². The number of esters is 1. The molecule has 0 atom stereocenters. The van der Waals surface area contributed by atoms with Crippen molar-refractivity contribution in [2.45, 2.75) is 135 Å². The van der Waals surface area contributed by atoms with Gasteiger partial charge in [0.05, 0.1) is 28.4 Å². The zero-order valence-electron chi connectivity index (χ0n) is 32.5. The molecule has 0 N–H and O–H groups in total. The summed E-state index contributed by atoms with van der Waals surface area (Å²) < 4.78 is 20.4. The van der Waals surface area contributed by atoms with Gasteiger partial charge in [-0.3, -0.25) is 4.79 Å². The van der Waals surface area contributed by atoms with Gasteiger partial charge in [0.1, 0.15) is 29.7 Å². The number of hydrogen-bond acceptors (Lipinski definition) is 9. The van der Waals surface area contributed by atoms with E-state index >= 15 is 0 Å². The first-order chi connectivity index (χ1) is 24.9. The minimum Gasteiger partial charge on any atom is -0.458 e. The van der Waals surface area contributed by atoms with Gasteiger partial charge in [-0.25, -0.2) is 24.6 Å². The molecule has 11 nitrogen and oxygen atoms in total. The third-order valence-corrected chi connectivity index (χ3v) is 15.1. The number of carbonyl (C=O) groups excluding carboxylic acids is 2. The van der Waals surface area contributed by atoms with Gasteiger partial charge in [0, 0.05) is 30.8 Å². The Morgan fingerprint density at radius 3 is 2.28 bits per heavy atom. The van der Waals surface area contributed by atoms with Gasteiger partial charge in [-0.15, -0.1) is 0 Å². The number of nitriles is 1. The standard InChI is InChI=1S/C41H52N6O5Si/c1-26(48)50-25-38-44-33-17-12-29(22-35(33)46(38)31-13-15-32(16-14-31)52-53(8,9)41(5,6)7)34-21-30(28-10-11-28)23-37(45-34)47(39(49)51-40(2,3)4)36-20-27(24-42)18-19-43-36/h12,17-23,28,31-32H,10-11,13-16,25H2,1-9H3. The number of nitrogens with zero attached hydrogens (tertiary/aromatic N) is 6. The van der Waals surface area contributed by atoms with Crippen LogP contribution in [0.2, 0.25) is 18.1 Å². The van der Waals surface area contributed by atoms with Crippen LogP contribution in [0, 0.1) is 11.3 Å². The summed E-state index contributed by atoms with van der Waals surface area (Å²) >= 11 is 0. The molecule has 3 heterocycles. The predicted octanol–water partition coefficient (Wildman–Crippen LogP) is 9.88. The predicted molar refractivity (Wildman–Crippen MR) is 207 cm³/mol. The van der Waals surface area contributed by atoms with Gasteiger partial charge < -0.3 is 18.5 Å². The Morgan fingerprint density at radius 2 is 1.66 bits per heavy atom. The summed E-state index contributed by atoms with van der Waals surface area (Å²) in [6.07, 6.45) is 6.91. The van der Waals surface area contributed by atoms with Crippen molar-refractivity contribution in [1.82, 2.24) is 19.5 Å². The molecule has 2 saturated carbocycles. The van der Waals surface area contributed by atoms with Crippen molar-refractivity contribution < 1.29 is 23.5 Å². The van der Waals surface area contributed by atoms with E-state index in [4.69, 9.17) is 23.9 Å². The van der Waals surface area contributed by atoms with E-state index < -0.39 is 20.0 Å². The molecular formula is C41H52N6O5Si. The second-order valence-corrected chi connectivity index (χ2v) is 21.7. The van der Waals surface area contributed by atoms with Gasteiger partial charge in [0.2, 0.25) is 0 Å². The Kier molecular flexibility index (Phi) is 10.6. The quantitative estimate of drug-likeness (QED) is 0.122. The molecule has 53 heavy (non-hydrogen) atoms. The fraction of sp³-hybridized carbons (Fsp3) is 0.512. The maximum Gasteiger partial charge on any atom is 0.421 e. The Labute approximate surface area is 313 Å². The number of fused-ring (bicyclic) bond motifs is 1. The van der Waals surface area contributed by atoms with Crippen LogP contribution in [0.4, 0.5) is 16.4 Å². The van der Waals surface area contributed by atoms with Crippen molar-refractivity contribution in [3.63, 3.8) is 0 Å². The summed E-state index contributed by atoms with van der Waals surface area (Å²) in [7, 11) is -1.91. The molecule has 4 aromatic rings. The molecule has 2 aliphatic rings. The van der Waals surface area contributed by atoms with Crippen LogP contribution < -0.4 is 4.90 Å². The molecule has 3 aromatic heterocycles. The average molecular weight is 737 g/mol. The molecule has 1 aromatic carbocycles. The Bertz CT molecular complexity index is 2040. The van der Waals surface area contributed by atoms with E-state index in [1.807, 2.05) is 39.0 Å². The lowest BCUT2D eigenvalue weighted by Gasteiger charge is -2.41. The summed E-state index contributed by atoms with van der Waals surface area (Å²) in [6, 6.07) is 15.6. The van der Waals surface area contributed by atoms with Gasteiger partial charge in [-0.1, -0.05) is 26.8 Å². The van der Waals surface area contributed by atoms with Crippen molar-refractivity contribution in [3.05, 3.63) is 65.6 Å². The third-order valence-electron chi connectivity index (χ3n) is 10.5. The zero-order chi connectivity index (χ0) is 38.3. The summed E-state index contributed by atoms with van der Waals surface area (Å²) in [5.74, 6) is 1.32. The molecule has 12 heteroatoms. The van der Waals surface area contributed by atoms with Crippen LogP contribution >= 0.6 is 0 Å². The van der Waals surface area contributed by atoms with Crippen LogP contribution in [-0.4, -0.2) is 51.6 Å². The summed E-state index contributed by atoms with van der Waals surface area (Å²) in [4.78, 5) is 41.6. The smallest absolute Gasteiger partial charge is 0.421 e. The van der Waals surface area contributed by atoms with Crippen molar-refractivity contribution in [3.8, 4) is 17.3 Å². The lowest BCUT2D eigenvalue weighted by atomic mass is 9.92. The number of pyridine rings is 2. The lowest BCUT2D eigenvalue weighted by molar-refractivity contribution is -0.142. The van der Waals surface area contributed by atoms with E-state index in [-0.39, 0.29) is 35.6 Å². The number of hydrogen-bond donors (Lipinski definition) is 0. The molecule has 2 aliphatic carbocycles. The van der Waals surface area contributed by atoms with Gasteiger partial charge >= 0.3 is 12.1 Å². The number of amides is 1. The highest BCUT2D eigenvalue weighted by Gasteiger charge is 2.40. The zero-order valence-corrected chi connectivity index (χ0v) is 33.5. The second kappa shape index (κ2) is 14.7. The third kappa shape index (κ3) is 8.79. The highest BCUT2D eigenvalue weighted by molar-refractivity contribution is 6.74. The molecular weight excluding hydrogens is 685 g/mol. The summed E-state index contributed by atoms with van der Waals surface area (Å²) in [5.41, 5.74) is 3.96. The monoisotopic (exact) mass is 736 g/mol. The summed E-state index contributed by atoms with van der Waals surface area (Å²) in [6.45, 7) is 18.4. The van der Waals surface area contributed by atoms with Gasteiger partial charge in [-0.2, -0.15) is 5.26 Å². The van der Waals surface area contributed by atoms with E-state index in [1.54, 1.807) is 12.1 Å².